The van der Waals surface area contributed by atoms with Crippen molar-refractivity contribution >= 4 is 23.3 Å². The Balaban J connectivity index is 0.000000232. The van der Waals surface area contributed by atoms with Gasteiger partial charge in [0.1, 0.15) is 0 Å². The van der Waals surface area contributed by atoms with E-state index in [1.54, 1.807) is 17.0 Å². The number of carbonyl (C=O) groups excluding carboxylic acids is 1. The fourth-order valence-electron chi connectivity index (χ4n) is 2.70. The minimum absolute atomic E-state index is 0.0463. The number of amides is 1. The molecule has 2 aromatic carbocycles. The number of carboxylic acid groups (broad SMARTS) is 1. The van der Waals surface area contributed by atoms with E-state index in [0.717, 1.165) is 19.2 Å². The van der Waals surface area contributed by atoms with E-state index in [4.69, 9.17) is 5.11 Å². The molecule has 1 aliphatic rings. The van der Waals surface area contributed by atoms with Crippen molar-refractivity contribution < 1.29 is 24.5 Å². The molecule has 0 spiro atoms. The highest BCUT2D eigenvalue weighted by atomic mass is 16.6. The molecule has 2 aromatic rings. The Hall–Kier alpha value is -3.86. The summed E-state index contributed by atoms with van der Waals surface area (Å²) in [5, 5.41) is 29.3. The maximum Gasteiger partial charge on any atom is 0.335 e. The smallest absolute Gasteiger partial charge is 0.335 e. The molecule has 1 saturated heterocycles. The van der Waals surface area contributed by atoms with E-state index in [-0.39, 0.29) is 22.8 Å². The monoisotopic (exact) mass is 416 g/mol. The average molecular weight is 416 g/mol. The molecule has 158 valence electrons. The number of hydrogen-bond acceptors (Lipinski definition) is 7. The van der Waals surface area contributed by atoms with Gasteiger partial charge in [-0.25, -0.2) is 4.79 Å². The van der Waals surface area contributed by atoms with Crippen LogP contribution in [0, 0.1) is 20.2 Å². The van der Waals surface area contributed by atoms with Crippen LogP contribution in [0.25, 0.3) is 0 Å². The number of likely N-dealkylation sites (N-methyl/N-ethyl adjacent to an activating group) is 1. The zero-order chi connectivity index (χ0) is 22.3. The number of nitrogens with zero attached hydrogens (tertiary/aromatic N) is 4. The van der Waals surface area contributed by atoms with E-state index >= 15 is 0 Å². The molecule has 0 bridgehead atoms. The van der Waals surface area contributed by atoms with E-state index < -0.39 is 15.8 Å². The maximum atomic E-state index is 12.2. The first kappa shape index (κ1) is 22.4. The highest BCUT2D eigenvalue weighted by molar-refractivity contribution is 5.95. The van der Waals surface area contributed by atoms with E-state index in [9.17, 15) is 29.8 Å². The average Bonchev–Trinajstić information content (AvgIpc) is 2.74. The van der Waals surface area contributed by atoms with Gasteiger partial charge in [0.05, 0.1) is 15.4 Å². The van der Waals surface area contributed by atoms with Crippen LogP contribution in [0.5, 0.6) is 0 Å². The topological polar surface area (TPSA) is 147 Å². The van der Waals surface area contributed by atoms with Crippen LogP contribution in [0.15, 0.2) is 48.5 Å². The van der Waals surface area contributed by atoms with Crippen molar-refractivity contribution in [1.82, 2.24) is 9.80 Å². The molecule has 0 aliphatic carbocycles. The molecule has 1 fully saturated rings. The Morgan fingerprint density at radius 3 is 1.80 bits per heavy atom. The summed E-state index contributed by atoms with van der Waals surface area (Å²) in [6.07, 6.45) is 0. The van der Waals surface area contributed by atoms with Crippen molar-refractivity contribution in [2.45, 2.75) is 0 Å². The molecule has 1 aliphatic heterocycles. The minimum atomic E-state index is -1.17. The Morgan fingerprint density at radius 1 is 0.867 bits per heavy atom. The number of rotatable bonds is 4. The van der Waals surface area contributed by atoms with Gasteiger partial charge in [-0.05, 0) is 19.2 Å². The van der Waals surface area contributed by atoms with Gasteiger partial charge in [-0.1, -0.05) is 12.1 Å². The van der Waals surface area contributed by atoms with E-state index in [0.29, 0.717) is 18.7 Å². The predicted molar refractivity (Wildman–Crippen MR) is 107 cm³/mol. The van der Waals surface area contributed by atoms with Gasteiger partial charge in [0, 0.05) is 56.0 Å². The number of carboxylic acids is 1. The molecule has 1 amide bonds. The second kappa shape index (κ2) is 10.1. The van der Waals surface area contributed by atoms with Crippen LogP contribution in [-0.4, -0.2) is 69.9 Å². The Bertz CT molecular complexity index is 926. The molecule has 11 nitrogen and oxygen atoms in total. The van der Waals surface area contributed by atoms with Gasteiger partial charge in [-0.3, -0.25) is 25.0 Å². The number of benzene rings is 2. The molecule has 0 aromatic heterocycles. The van der Waals surface area contributed by atoms with Crippen LogP contribution in [0.4, 0.5) is 11.4 Å². The van der Waals surface area contributed by atoms with Crippen LogP contribution in [0.1, 0.15) is 20.7 Å². The SMILES string of the molecule is CN1CCN(C(=O)c2cccc([N+](=O)[O-])c2)CC1.O=C(O)c1cccc([N+](=O)[O-])c1. The Labute approximate surface area is 171 Å². The van der Waals surface area contributed by atoms with Gasteiger partial charge < -0.3 is 14.9 Å². The van der Waals surface area contributed by atoms with Crippen molar-refractivity contribution in [1.29, 1.82) is 0 Å². The summed E-state index contributed by atoms with van der Waals surface area (Å²) in [6.45, 7) is 3.00. The predicted octanol–water partition coefficient (Wildman–Crippen LogP) is 2.28. The molecule has 1 heterocycles. The third-order valence-corrected chi connectivity index (χ3v) is 4.40. The Morgan fingerprint density at radius 2 is 1.33 bits per heavy atom. The number of nitro groups is 2. The lowest BCUT2D eigenvalue weighted by molar-refractivity contribution is -0.385. The number of hydrogen-bond donors (Lipinski definition) is 1. The fourth-order valence-corrected chi connectivity index (χ4v) is 2.70. The zero-order valence-corrected chi connectivity index (χ0v) is 16.1. The van der Waals surface area contributed by atoms with Crippen molar-refractivity contribution in [3.8, 4) is 0 Å². The summed E-state index contributed by atoms with van der Waals surface area (Å²) in [5.74, 6) is -1.30. The van der Waals surface area contributed by atoms with Gasteiger partial charge in [-0.2, -0.15) is 0 Å². The molecule has 0 radical (unpaired) electrons. The largest absolute Gasteiger partial charge is 0.478 e. The number of non-ortho nitro benzene ring substituents is 2. The molecule has 0 saturated carbocycles. The van der Waals surface area contributed by atoms with Crippen molar-refractivity contribution in [2.75, 3.05) is 33.2 Å². The number of carbonyl (C=O) groups is 2. The third kappa shape index (κ3) is 6.07. The second-order valence-corrected chi connectivity index (χ2v) is 6.52. The van der Waals surface area contributed by atoms with Gasteiger partial charge >= 0.3 is 5.97 Å². The fraction of sp³-hybridized carbons (Fsp3) is 0.263. The summed E-state index contributed by atoms with van der Waals surface area (Å²) < 4.78 is 0. The van der Waals surface area contributed by atoms with E-state index in [1.807, 2.05) is 7.05 Å². The lowest BCUT2D eigenvalue weighted by Crippen LogP contribution is -2.47. The van der Waals surface area contributed by atoms with Crippen LogP contribution >= 0.6 is 0 Å². The van der Waals surface area contributed by atoms with Crippen LogP contribution in [0.2, 0.25) is 0 Å². The van der Waals surface area contributed by atoms with Crippen LogP contribution in [-0.2, 0) is 0 Å². The van der Waals surface area contributed by atoms with Crippen LogP contribution in [0.3, 0.4) is 0 Å². The molecule has 0 unspecified atom stereocenters. The van der Waals surface area contributed by atoms with Gasteiger partial charge in [0.15, 0.2) is 0 Å². The first-order valence-corrected chi connectivity index (χ1v) is 8.89. The van der Waals surface area contributed by atoms with Crippen molar-refractivity contribution in [2.24, 2.45) is 0 Å². The van der Waals surface area contributed by atoms with Gasteiger partial charge in [0.2, 0.25) is 0 Å². The zero-order valence-electron chi connectivity index (χ0n) is 16.1. The number of piperazine rings is 1. The highest BCUT2D eigenvalue weighted by Crippen LogP contribution is 2.15. The third-order valence-electron chi connectivity index (χ3n) is 4.40. The Kier molecular flexibility index (Phi) is 7.53. The van der Waals surface area contributed by atoms with E-state index in [2.05, 4.69) is 4.90 Å². The summed E-state index contributed by atoms with van der Waals surface area (Å²) in [6, 6.07) is 10.8. The van der Waals surface area contributed by atoms with Gasteiger partial charge in [-0.15, -0.1) is 0 Å². The summed E-state index contributed by atoms with van der Waals surface area (Å²) >= 11 is 0. The normalized spacial score (nSPS) is 13.7. The van der Waals surface area contributed by atoms with Crippen molar-refractivity contribution in [3.63, 3.8) is 0 Å². The van der Waals surface area contributed by atoms with Gasteiger partial charge in [0.25, 0.3) is 17.3 Å². The highest BCUT2D eigenvalue weighted by Gasteiger charge is 2.21. The number of nitro benzene ring substituents is 2. The molecule has 1 N–H and O–H groups in total. The summed E-state index contributed by atoms with van der Waals surface area (Å²) in [7, 11) is 2.01. The number of aromatic carboxylic acids is 1. The maximum absolute atomic E-state index is 12.2. The molecular weight excluding hydrogens is 396 g/mol. The second-order valence-electron chi connectivity index (χ2n) is 6.52. The molecule has 0 atom stereocenters. The molecular formula is C19H20N4O7. The van der Waals surface area contributed by atoms with Crippen molar-refractivity contribution in [3.05, 3.63) is 79.9 Å². The van der Waals surface area contributed by atoms with E-state index in [1.165, 1.54) is 30.3 Å². The standard InChI is InChI=1S/C12H15N3O3.C7H5NO4/c1-13-5-7-14(8-6-13)12(16)10-3-2-4-11(9-10)15(17)18;9-7(10)5-2-1-3-6(4-5)8(11)12/h2-4,9H,5-8H2,1H3;1-4H,(H,9,10). The van der Waals surface area contributed by atoms with Crippen LogP contribution < -0.4 is 0 Å². The molecule has 11 heteroatoms. The minimum Gasteiger partial charge on any atom is -0.478 e. The summed E-state index contributed by atoms with van der Waals surface area (Å²) in [5.41, 5.74) is 0.0443. The molecule has 3 rings (SSSR count). The molecule has 30 heavy (non-hydrogen) atoms. The quantitative estimate of drug-likeness (QED) is 0.590. The summed E-state index contributed by atoms with van der Waals surface area (Å²) in [4.78, 5) is 46.1. The lowest BCUT2D eigenvalue weighted by atomic mass is 10.1. The first-order valence-electron chi connectivity index (χ1n) is 8.89. The first-order chi connectivity index (χ1) is 14.2. The lowest BCUT2D eigenvalue weighted by Gasteiger charge is -2.32.